The van der Waals surface area contributed by atoms with Crippen LogP contribution in [0.15, 0.2) is 133 Å². The summed E-state index contributed by atoms with van der Waals surface area (Å²) in [5, 5.41) is 29.9. The average molecular weight is 1000 g/mol. The van der Waals surface area contributed by atoms with Gasteiger partial charge in [0.25, 0.3) is 0 Å². The van der Waals surface area contributed by atoms with E-state index in [1.54, 1.807) is 12.1 Å². The zero-order chi connectivity index (χ0) is 42.9. The van der Waals surface area contributed by atoms with Crippen molar-refractivity contribution in [2.75, 3.05) is 0 Å². The summed E-state index contributed by atoms with van der Waals surface area (Å²) in [6.07, 6.45) is -7.59. The fourth-order valence-corrected chi connectivity index (χ4v) is 5.87. The van der Waals surface area contributed by atoms with Gasteiger partial charge in [-0.25, -0.2) is 0 Å². The van der Waals surface area contributed by atoms with E-state index in [0.29, 0.717) is 11.4 Å². The summed E-state index contributed by atoms with van der Waals surface area (Å²) in [5.41, 5.74) is -0.885. The molecule has 0 fully saturated rings. The van der Waals surface area contributed by atoms with E-state index in [2.05, 4.69) is 20.4 Å². The zero-order valence-corrected chi connectivity index (χ0v) is 35.7. The summed E-state index contributed by atoms with van der Waals surface area (Å²) in [4.78, 5) is 14.0. The zero-order valence-electron chi connectivity index (χ0n) is 33.3. The van der Waals surface area contributed by atoms with Crippen molar-refractivity contribution in [3.63, 3.8) is 0 Å². The summed E-state index contributed by atoms with van der Waals surface area (Å²) in [5.74, 6) is 0.104. The summed E-state index contributed by atoms with van der Waals surface area (Å²) in [6, 6.07) is 34.1. The maximum absolute atomic E-state index is 13.1. The van der Waals surface area contributed by atoms with Gasteiger partial charge in [-0.3, -0.25) is 4.79 Å². The number of nitrogens with zero attached hydrogens (tertiary/aromatic N) is 6. The molecular weight excluding hydrogens is 963 g/mol. The van der Waals surface area contributed by atoms with Crippen molar-refractivity contribution in [1.82, 2.24) is 30.0 Å². The summed E-state index contributed by atoms with van der Waals surface area (Å²) < 4.78 is 78.6. The van der Waals surface area contributed by atoms with Gasteiger partial charge >= 0.3 is 12.4 Å². The number of hydrogen-bond acceptors (Lipinski definition) is 6. The number of aromatic nitrogens is 6. The molecule has 8 nitrogen and oxygen atoms in total. The number of rotatable bonds is 3. The number of hydrogen-bond donors (Lipinski definition) is 1. The number of ketones is 1. The molecule has 2 aromatic heterocycles. The van der Waals surface area contributed by atoms with E-state index < -0.39 is 28.9 Å². The minimum atomic E-state index is -4.46. The number of carbonyl (C=O) groups is 1. The number of halogens is 6. The smallest absolute Gasteiger partial charge is 0.418 e. The molecule has 0 unspecified atom stereocenters. The Kier molecular flexibility index (Phi) is 13.1. The Morgan fingerprint density at radius 1 is 0.517 bits per heavy atom. The number of aliphatic hydroxyl groups excluding tert-OH is 1. The van der Waals surface area contributed by atoms with Crippen LogP contribution < -0.4 is 0 Å². The molecule has 60 heavy (non-hydrogen) atoms. The van der Waals surface area contributed by atoms with Gasteiger partial charge < -0.3 is 5.11 Å². The van der Waals surface area contributed by atoms with Crippen LogP contribution in [0.5, 0.6) is 0 Å². The van der Waals surface area contributed by atoms with Crippen LogP contribution in [0.2, 0.25) is 0 Å². The van der Waals surface area contributed by atoms with Crippen LogP contribution in [0.25, 0.3) is 55.0 Å². The van der Waals surface area contributed by atoms with Crippen LogP contribution in [0, 0.1) is 10.8 Å². The molecule has 0 aliphatic heterocycles. The topological polar surface area (TPSA) is 98.7 Å². The Morgan fingerprint density at radius 3 is 1.25 bits per heavy atom. The standard InChI is InChI=1S/2C17H10F3N3.C11H20O2.Ir/c2*18-17(19,20)13-8-4-9-14-16(13)22-23(21-14)15-10-3-6-11-5-1-2-7-12(11)15;1-10(2,3)8(12)7-9(13)11(4,5)6;/h2*1-10H;7,12H,1-6H3;/b;;8-7+;. The number of aliphatic hydroxyl groups is 1. The number of carbonyl (C=O) groups excluding carboxylic acids is 1. The number of fused-ring (bicyclic) bond motifs is 4. The van der Waals surface area contributed by atoms with E-state index >= 15 is 0 Å². The molecule has 0 spiro atoms. The van der Waals surface area contributed by atoms with Gasteiger partial charge in [0.15, 0.2) is 5.78 Å². The second kappa shape index (κ2) is 17.4. The van der Waals surface area contributed by atoms with E-state index in [0.717, 1.165) is 33.7 Å². The normalized spacial score (nSPS) is 12.4. The fourth-order valence-electron chi connectivity index (χ4n) is 5.87. The molecule has 1 N–H and O–H groups in total. The predicted octanol–water partition coefficient (Wildman–Crippen LogP) is 12.3. The van der Waals surface area contributed by atoms with Gasteiger partial charge in [-0.15, -0.1) is 30.0 Å². The van der Waals surface area contributed by atoms with Gasteiger partial charge in [0.2, 0.25) is 0 Å². The first kappa shape index (κ1) is 45.2. The Balaban J connectivity index is 0.000000177. The minimum Gasteiger partial charge on any atom is -0.512 e. The van der Waals surface area contributed by atoms with E-state index in [1.165, 1.54) is 39.9 Å². The van der Waals surface area contributed by atoms with Gasteiger partial charge in [0.05, 0.1) is 22.5 Å². The fraction of sp³-hybridized carbons (Fsp3) is 0.222. The molecule has 2 heterocycles. The second-order valence-corrected chi connectivity index (χ2v) is 15.7. The Labute approximate surface area is 354 Å². The van der Waals surface area contributed by atoms with Crippen LogP contribution in [0.3, 0.4) is 0 Å². The van der Waals surface area contributed by atoms with Crippen molar-refractivity contribution in [1.29, 1.82) is 0 Å². The maximum Gasteiger partial charge on any atom is 0.418 e. The molecule has 0 amide bonds. The Bertz CT molecular complexity index is 2650. The molecule has 313 valence electrons. The summed E-state index contributed by atoms with van der Waals surface area (Å²) >= 11 is 0. The number of benzene rings is 6. The first-order chi connectivity index (χ1) is 27.6. The third kappa shape index (κ3) is 10.1. The first-order valence-electron chi connectivity index (χ1n) is 18.4. The van der Waals surface area contributed by atoms with E-state index in [9.17, 15) is 36.2 Å². The van der Waals surface area contributed by atoms with Crippen molar-refractivity contribution in [3.05, 3.63) is 144 Å². The molecule has 0 atom stereocenters. The molecular formula is C45H40F6IrN6O2. The van der Waals surface area contributed by atoms with Crippen LogP contribution in [-0.4, -0.2) is 40.9 Å². The van der Waals surface area contributed by atoms with Crippen molar-refractivity contribution in [3.8, 4) is 11.4 Å². The first-order valence-corrected chi connectivity index (χ1v) is 18.4. The number of alkyl halides is 6. The molecule has 0 aliphatic rings. The van der Waals surface area contributed by atoms with E-state index in [-0.39, 0.29) is 59.1 Å². The molecule has 8 aromatic rings. The minimum absolute atomic E-state index is 0. The monoisotopic (exact) mass is 1000 g/mol. The third-order valence-corrected chi connectivity index (χ3v) is 9.17. The molecule has 0 aliphatic carbocycles. The Morgan fingerprint density at radius 2 is 0.883 bits per heavy atom. The second-order valence-electron chi connectivity index (χ2n) is 15.7. The van der Waals surface area contributed by atoms with Gasteiger partial charge in [-0.2, -0.15) is 26.3 Å². The summed E-state index contributed by atoms with van der Waals surface area (Å²) in [7, 11) is 0. The molecule has 0 saturated heterocycles. The van der Waals surface area contributed by atoms with Crippen molar-refractivity contribution in [2.24, 2.45) is 10.8 Å². The van der Waals surface area contributed by atoms with E-state index in [4.69, 9.17) is 0 Å². The molecule has 6 aromatic carbocycles. The van der Waals surface area contributed by atoms with Crippen molar-refractivity contribution < 1.29 is 56.3 Å². The molecule has 8 rings (SSSR count). The van der Waals surface area contributed by atoms with E-state index in [1.807, 2.05) is 114 Å². The van der Waals surface area contributed by atoms with Gasteiger partial charge in [-0.05, 0) is 47.2 Å². The van der Waals surface area contributed by atoms with Crippen LogP contribution in [0.1, 0.15) is 52.7 Å². The van der Waals surface area contributed by atoms with Crippen molar-refractivity contribution >= 4 is 49.4 Å². The third-order valence-electron chi connectivity index (χ3n) is 9.17. The Hall–Kier alpha value is -5.92. The molecule has 0 bridgehead atoms. The SMILES string of the molecule is CC(C)(C)C(=O)/C=C(/O)C(C)(C)C.FC(F)(F)c1cccc2nn(-c3cccc4ccccc34)nc12.FC(F)(F)c1cccc2nn(-c3cccc4ccccc34)nc12.[Ir]. The summed E-state index contributed by atoms with van der Waals surface area (Å²) in [6.45, 7) is 11.1. The molecule has 1 radical (unpaired) electrons. The van der Waals surface area contributed by atoms with Crippen molar-refractivity contribution in [2.45, 2.75) is 53.9 Å². The quantitative estimate of drug-likeness (QED) is 0.108. The predicted molar refractivity (Wildman–Crippen MR) is 217 cm³/mol. The van der Waals surface area contributed by atoms with Crippen LogP contribution >= 0.6 is 0 Å². The molecule has 15 heteroatoms. The molecule has 0 saturated carbocycles. The maximum atomic E-state index is 13.1. The van der Waals surface area contributed by atoms with Gasteiger partial charge in [0.1, 0.15) is 27.8 Å². The van der Waals surface area contributed by atoms with Gasteiger partial charge in [-0.1, -0.05) is 126 Å². The largest absolute Gasteiger partial charge is 0.512 e. The van der Waals surface area contributed by atoms with Crippen LogP contribution in [-0.2, 0) is 37.3 Å². The van der Waals surface area contributed by atoms with Gasteiger partial charge in [0, 0.05) is 47.8 Å². The number of allylic oxidation sites excluding steroid dienone is 2. The van der Waals surface area contributed by atoms with Crippen LogP contribution in [0.4, 0.5) is 26.3 Å². The average Bonchev–Trinajstić information content (AvgIpc) is 3.81.